The number of likely N-dealkylation sites (tertiary alicyclic amines) is 1. The molecule has 3 rings (SSSR count). The first-order valence-corrected chi connectivity index (χ1v) is 13.2. The van der Waals surface area contributed by atoms with Gasteiger partial charge in [0.25, 0.3) is 0 Å². The number of aliphatic hydroxyl groups is 1. The van der Waals surface area contributed by atoms with E-state index >= 15 is 4.39 Å². The van der Waals surface area contributed by atoms with Crippen molar-refractivity contribution in [1.82, 2.24) is 10.2 Å². The number of halogens is 1. The normalized spacial score (nSPS) is 18.4. The molecule has 0 saturated carbocycles. The Kier molecular flexibility index (Phi) is 9.68. The van der Waals surface area contributed by atoms with Gasteiger partial charge >= 0.3 is 6.09 Å². The molecule has 1 heterocycles. The molecular weight excluding hydrogens is 473 g/mol. The zero-order valence-electron chi connectivity index (χ0n) is 22.0. The van der Waals surface area contributed by atoms with E-state index in [1.54, 1.807) is 17.0 Å². The summed E-state index contributed by atoms with van der Waals surface area (Å²) in [5.41, 5.74) is 7.22. The predicted octanol–water partition coefficient (Wildman–Crippen LogP) is 4.51. The van der Waals surface area contributed by atoms with E-state index in [0.717, 1.165) is 12.0 Å². The minimum Gasteiger partial charge on any atom is -0.465 e. The maximum absolute atomic E-state index is 15.5. The number of hydrogen-bond acceptors (Lipinski definition) is 4. The lowest BCUT2D eigenvalue weighted by Crippen LogP contribution is -2.53. The highest BCUT2D eigenvalue weighted by molar-refractivity contribution is 5.82. The Balaban J connectivity index is 2.05. The second-order valence-electron chi connectivity index (χ2n) is 10.4. The summed E-state index contributed by atoms with van der Waals surface area (Å²) in [4.78, 5) is 25.8. The number of piperidine rings is 1. The number of amides is 2. The molecular formula is C29H40FN3O4. The Hall–Kier alpha value is -2.97. The van der Waals surface area contributed by atoms with Crippen molar-refractivity contribution in [3.8, 4) is 11.1 Å². The summed E-state index contributed by atoms with van der Waals surface area (Å²) < 4.78 is 15.5. The number of hydrogen-bond donors (Lipinski definition) is 4. The van der Waals surface area contributed by atoms with Crippen molar-refractivity contribution in [3.05, 3.63) is 59.4 Å². The molecule has 0 aliphatic carbocycles. The van der Waals surface area contributed by atoms with E-state index in [2.05, 4.69) is 5.32 Å². The summed E-state index contributed by atoms with van der Waals surface area (Å²) in [6.45, 7) is 6.84. The molecule has 2 aromatic rings. The van der Waals surface area contributed by atoms with Crippen molar-refractivity contribution in [2.75, 3.05) is 19.6 Å². The molecule has 8 heteroatoms. The van der Waals surface area contributed by atoms with Gasteiger partial charge < -0.3 is 26.2 Å². The van der Waals surface area contributed by atoms with Crippen LogP contribution in [0.3, 0.4) is 0 Å². The predicted molar refractivity (Wildman–Crippen MR) is 142 cm³/mol. The van der Waals surface area contributed by atoms with Gasteiger partial charge in [0, 0.05) is 31.1 Å². The van der Waals surface area contributed by atoms with Gasteiger partial charge in [-0.15, -0.1) is 0 Å². The van der Waals surface area contributed by atoms with Gasteiger partial charge in [0.2, 0.25) is 5.91 Å². The minimum absolute atomic E-state index is 0.0190. The van der Waals surface area contributed by atoms with Crippen LogP contribution in [0.5, 0.6) is 0 Å². The Morgan fingerprint density at radius 1 is 1.24 bits per heavy atom. The lowest BCUT2D eigenvalue weighted by molar-refractivity contribution is -0.139. The topological polar surface area (TPSA) is 116 Å². The molecule has 1 aliphatic heterocycles. The lowest BCUT2D eigenvalue weighted by Gasteiger charge is -2.44. The van der Waals surface area contributed by atoms with Crippen LogP contribution in [0.15, 0.2) is 42.5 Å². The van der Waals surface area contributed by atoms with E-state index in [-0.39, 0.29) is 30.7 Å². The van der Waals surface area contributed by atoms with Gasteiger partial charge in [0.15, 0.2) is 0 Å². The molecule has 3 atom stereocenters. The Morgan fingerprint density at radius 2 is 1.97 bits per heavy atom. The fourth-order valence-corrected chi connectivity index (χ4v) is 5.30. The van der Waals surface area contributed by atoms with Crippen LogP contribution in [0.25, 0.3) is 11.1 Å². The molecule has 0 aromatic heterocycles. The van der Waals surface area contributed by atoms with E-state index < -0.39 is 23.6 Å². The summed E-state index contributed by atoms with van der Waals surface area (Å²) in [6, 6.07) is 11.8. The number of nitrogens with zero attached hydrogens (tertiary/aromatic N) is 1. The molecule has 0 bridgehead atoms. The van der Waals surface area contributed by atoms with E-state index in [9.17, 15) is 14.7 Å². The van der Waals surface area contributed by atoms with Gasteiger partial charge in [0.1, 0.15) is 5.82 Å². The third kappa shape index (κ3) is 6.67. The lowest BCUT2D eigenvalue weighted by atomic mass is 9.72. The molecule has 2 aromatic carbocycles. The maximum atomic E-state index is 15.5. The molecule has 7 nitrogen and oxygen atoms in total. The van der Waals surface area contributed by atoms with Crippen LogP contribution in [0.4, 0.5) is 9.18 Å². The van der Waals surface area contributed by atoms with Crippen molar-refractivity contribution in [3.63, 3.8) is 0 Å². The SMILES string of the molecule is CCc1cccc(-c2c(F)cccc2C(O)(CCCNC(=O)O)C2CCCN(C(=O)[C@@H](N)C(C)C)C2)c1. The molecule has 37 heavy (non-hydrogen) atoms. The maximum Gasteiger partial charge on any atom is 0.404 e. The van der Waals surface area contributed by atoms with Crippen LogP contribution in [-0.4, -0.2) is 52.8 Å². The van der Waals surface area contributed by atoms with Crippen molar-refractivity contribution >= 4 is 12.0 Å². The van der Waals surface area contributed by atoms with Gasteiger partial charge in [-0.2, -0.15) is 0 Å². The van der Waals surface area contributed by atoms with E-state index in [0.29, 0.717) is 49.0 Å². The van der Waals surface area contributed by atoms with E-state index in [4.69, 9.17) is 10.8 Å². The first-order valence-electron chi connectivity index (χ1n) is 13.2. The molecule has 2 unspecified atom stereocenters. The number of nitrogens with two attached hydrogens (primary N) is 1. The first kappa shape index (κ1) is 28.6. The Labute approximate surface area is 218 Å². The largest absolute Gasteiger partial charge is 0.465 e. The average molecular weight is 514 g/mol. The van der Waals surface area contributed by atoms with E-state index in [1.807, 2.05) is 45.0 Å². The van der Waals surface area contributed by atoms with Crippen LogP contribution in [0, 0.1) is 17.7 Å². The van der Waals surface area contributed by atoms with Crippen molar-refractivity contribution in [2.24, 2.45) is 17.6 Å². The van der Waals surface area contributed by atoms with Gasteiger partial charge in [0.05, 0.1) is 11.6 Å². The molecule has 0 spiro atoms. The number of benzene rings is 2. The van der Waals surface area contributed by atoms with Gasteiger partial charge in [-0.1, -0.05) is 57.2 Å². The second kappa shape index (κ2) is 12.5. The smallest absolute Gasteiger partial charge is 0.404 e. The molecule has 5 N–H and O–H groups in total. The number of carbonyl (C=O) groups is 2. The van der Waals surface area contributed by atoms with Crippen LogP contribution in [0.1, 0.15) is 57.6 Å². The molecule has 0 radical (unpaired) electrons. The zero-order valence-corrected chi connectivity index (χ0v) is 22.0. The minimum atomic E-state index is -1.49. The fourth-order valence-electron chi connectivity index (χ4n) is 5.30. The highest BCUT2D eigenvalue weighted by atomic mass is 19.1. The quantitative estimate of drug-likeness (QED) is 0.349. The second-order valence-corrected chi connectivity index (χ2v) is 10.4. The third-order valence-electron chi connectivity index (χ3n) is 7.53. The van der Waals surface area contributed by atoms with Crippen molar-refractivity contribution in [1.29, 1.82) is 0 Å². The van der Waals surface area contributed by atoms with Gasteiger partial charge in [-0.3, -0.25) is 4.79 Å². The van der Waals surface area contributed by atoms with Gasteiger partial charge in [-0.05, 0) is 60.8 Å². The van der Waals surface area contributed by atoms with E-state index in [1.165, 1.54) is 6.07 Å². The van der Waals surface area contributed by atoms with Crippen molar-refractivity contribution in [2.45, 2.75) is 64.5 Å². The molecule has 1 aliphatic rings. The van der Waals surface area contributed by atoms with Gasteiger partial charge in [-0.25, -0.2) is 9.18 Å². The number of rotatable bonds is 10. The molecule has 1 fully saturated rings. The standard InChI is InChI=1S/C29H40FN3O4/c1-4-20-9-5-10-21(17-20)25-23(12-6-13-24(25)30)29(37,14-8-15-32-28(35)36)22-11-7-16-33(18-22)27(34)26(31)19(2)3/h5-6,9-10,12-13,17,19,22,26,32,37H,4,7-8,11,14-16,18,31H2,1-3H3,(H,35,36)/t22?,26-,29?/m0/s1. The molecule has 202 valence electrons. The van der Waals surface area contributed by atoms with Crippen LogP contribution in [0.2, 0.25) is 0 Å². The summed E-state index contributed by atoms with van der Waals surface area (Å²) in [5.74, 6) is -0.970. The summed E-state index contributed by atoms with van der Waals surface area (Å²) in [6.07, 6.45) is 1.55. The average Bonchev–Trinajstić information content (AvgIpc) is 2.89. The summed E-state index contributed by atoms with van der Waals surface area (Å²) in [5, 5.41) is 23.8. The number of nitrogens with one attached hydrogen (secondary N) is 1. The summed E-state index contributed by atoms with van der Waals surface area (Å²) in [7, 11) is 0. The number of carbonyl (C=O) groups excluding carboxylic acids is 1. The van der Waals surface area contributed by atoms with Crippen LogP contribution >= 0.6 is 0 Å². The summed E-state index contributed by atoms with van der Waals surface area (Å²) >= 11 is 0. The van der Waals surface area contributed by atoms with Crippen molar-refractivity contribution < 1.29 is 24.2 Å². The molecule has 2 amide bonds. The van der Waals surface area contributed by atoms with Crippen LogP contribution in [-0.2, 0) is 16.8 Å². The molecule has 1 saturated heterocycles. The Morgan fingerprint density at radius 3 is 2.65 bits per heavy atom. The first-order chi connectivity index (χ1) is 17.6. The highest BCUT2D eigenvalue weighted by Gasteiger charge is 2.43. The number of carboxylic acid groups (broad SMARTS) is 1. The number of aryl methyl sites for hydroxylation is 1. The highest BCUT2D eigenvalue weighted by Crippen LogP contribution is 2.44. The van der Waals surface area contributed by atoms with Crippen LogP contribution < -0.4 is 11.1 Å². The fraction of sp³-hybridized carbons (Fsp3) is 0.517. The Bertz CT molecular complexity index is 1090. The zero-order chi connectivity index (χ0) is 27.2. The monoisotopic (exact) mass is 513 g/mol. The third-order valence-corrected chi connectivity index (χ3v) is 7.53.